The summed E-state index contributed by atoms with van der Waals surface area (Å²) in [5, 5.41) is 3.78. The zero-order chi connectivity index (χ0) is 21.0. The summed E-state index contributed by atoms with van der Waals surface area (Å²) in [5.41, 5.74) is -3.22. The molecule has 0 fully saturated rings. The van der Waals surface area contributed by atoms with Crippen molar-refractivity contribution in [3.8, 4) is 11.3 Å². The van der Waals surface area contributed by atoms with Crippen LogP contribution in [0.25, 0.3) is 22.2 Å². The van der Waals surface area contributed by atoms with E-state index in [2.05, 4.69) is 10.1 Å². The topological polar surface area (TPSA) is 107 Å². The van der Waals surface area contributed by atoms with E-state index < -0.39 is 38.7 Å². The molecule has 3 aromatic rings. The molecule has 0 radical (unpaired) electrons. The molecule has 3 rings (SSSR count). The maximum absolute atomic E-state index is 13.6. The lowest BCUT2D eigenvalue weighted by Gasteiger charge is -2.15. The van der Waals surface area contributed by atoms with Crippen LogP contribution in [0.15, 0.2) is 27.8 Å². The second kappa shape index (κ2) is 6.33. The second-order valence-corrected chi connectivity index (χ2v) is 8.56. The van der Waals surface area contributed by atoms with Crippen molar-refractivity contribution in [1.29, 1.82) is 0 Å². The molecule has 0 saturated carbocycles. The van der Waals surface area contributed by atoms with E-state index in [1.165, 1.54) is 17.8 Å². The van der Waals surface area contributed by atoms with E-state index in [1.807, 2.05) is 0 Å². The van der Waals surface area contributed by atoms with Crippen molar-refractivity contribution in [2.75, 3.05) is 6.26 Å². The van der Waals surface area contributed by atoms with E-state index in [0.29, 0.717) is 16.3 Å². The average molecular weight is 416 g/mol. The highest BCUT2D eigenvalue weighted by Crippen LogP contribution is 2.38. The smallest absolute Gasteiger partial charge is 0.307 e. The van der Waals surface area contributed by atoms with Crippen LogP contribution in [0.3, 0.4) is 0 Å². The summed E-state index contributed by atoms with van der Waals surface area (Å²) in [5.74, 6) is -0.891. The van der Waals surface area contributed by atoms with E-state index in [0.717, 1.165) is 12.3 Å². The number of halogens is 3. The number of nitrogens with one attached hydrogen (secondary N) is 1. The van der Waals surface area contributed by atoms with E-state index in [4.69, 9.17) is 0 Å². The molecule has 0 saturated heterocycles. The largest absolute Gasteiger partial charge is 0.417 e. The quantitative estimate of drug-likeness (QED) is 0.695. The first-order valence-electron chi connectivity index (χ1n) is 7.85. The third-order valence-corrected chi connectivity index (χ3v) is 4.79. The number of hydrogen-bond donors (Lipinski definition) is 1. The Bertz CT molecular complexity index is 1320. The highest BCUT2D eigenvalue weighted by molar-refractivity contribution is 7.89. The van der Waals surface area contributed by atoms with Crippen molar-refractivity contribution in [3.63, 3.8) is 0 Å². The maximum atomic E-state index is 13.6. The number of fused-ring (bicyclic) bond motifs is 1. The Hall–Kier alpha value is -2.89. The summed E-state index contributed by atoms with van der Waals surface area (Å²) >= 11 is 0. The minimum Gasteiger partial charge on any atom is -0.307 e. The fraction of sp³-hybridized carbons (Fsp3) is 0.312. The third-order valence-electron chi connectivity index (χ3n) is 4.07. The molecule has 28 heavy (non-hydrogen) atoms. The predicted octanol–water partition coefficient (Wildman–Crippen LogP) is 1.42. The monoisotopic (exact) mass is 416 g/mol. The first kappa shape index (κ1) is 19.9. The summed E-state index contributed by atoms with van der Waals surface area (Å²) in [6.45, 7) is 1.61. The number of alkyl halides is 3. The summed E-state index contributed by atoms with van der Waals surface area (Å²) in [6, 6.07) is 3.09. The normalized spacial score (nSPS) is 12.6. The van der Waals surface area contributed by atoms with E-state index >= 15 is 0 Å². The van der Waals surface area contributed by atoms with Crippen molar-refractivity contribution in [3.05, 3.63) is 50.3 Å². The molecule has 0 spiro atoms. The molecule has 2 aromatic heterocycles. The number of hydrogen-bond acceptors (Lipinski definition) is 5. The molecule has 0 atom stereocenters. The van der Waals surface area contributed by atoms with Crippen LogP contribution in [-0.4, -0.2) is 34.0 Å². The van der Waals surface area contributed by atoms with E-state index in [9.17, 15) is 31.2 Å². The van der Waals surface area contributed by atoms with Crippen LogP contribution in [-0.2, 0) is 28.9 Å². The Morgan fingerprint density at radius 3 is 2.32 bits per heavy atom. The van der Waals surface area contributed by atoms with Crippen LogP contribution < -0.4 is 11.2 Å². The molecule has 0 amide bonds. The molecule has 1 aromatic carbocycles. The number of sulfone groups is 1. The number of rotatable bonds is 3. The van der Waals surface area contributed by atoms with Gasteiger partial charge in [0, 0.05) is 18.9 Å². The number of nitrogens with zero attached hydrogens (tertiary/aromatic N) is 3. The zero-order valence-electron chi connectivity index (χ0n) is 15.0. The molecule has 2 heterocycles. The van der Waals surface area contributed by atoms with Gasteiger partial charge >= 0.3 is 11.9 Å². The number of aromatic nitrogens is 4. The van der Waals surface area contributed by atoms with Gasteiger partial charge in [0.05, 0.1) is 27.9 Å². The highest BCUT2D eigenvalue weighted by Gasteiger charge is 2.35. The third kappa shape index (κ3) is 3.59. The number of H-pyrrole nitrogens is 1. The number of aryl methyl sites for hydroxylation is 2. The van der Waals surface area contributed by atoms with Gasteiger partial charge in [-0.05, 0) is 25.1 Å². The molecular formula is C16H15F3N4O4S. The van der Waals surface area contributed by atoms with Gasteiger partial charge in [0.15, 0.2) is 9.84 Å². The van der Waals surface area contributed by atoms with E-state index in [1.54, 1.807) is 6.92 Å². The van der Waals surface area contributed by atoms with Crippen LogP contribution in [0.2, 0.25) is 0 Å². The summed E-state index contributed by atoms with van der Waals surface area (Å²) in [4.78, 5) is 26.8. The molecule has 0 bridgehead atoms. The fourth-order valence-corrected chi connectivity index (χ4v) is 3.66. The molecule has 12 heteroatoms. The molecule has 8 nitrogen and oxygen atoms in total. The Morgan fingerprint density at radius 1 is 1.18 bits per heavy atom. The van der Waals surface area contributed by atoms with Gasteiger partial charge in [-0.1, -0.05) is 0 Å². The second-order valence-electron chi connectivity index (χ2n) is 6.45. The lowest BCUT2D eigenvalue weighted by Crippen LogP contribution is -2.37. The van der Waals surface area contributed by atoms with Gasteiger partial charge in [-0.15, -0.1) is 0 Å². The molecule has 1 N–H and O–H groups in total. The first-order valence-corrected chi connectivity index (χ1v) is 9.91. The number of aromatic amines is 1. The molecule has 0 aliphatic carbocycles. The van der Waals surface area contributed by atoms with Gasteiger partial charge in [-0.25, -0.2) is 17.8 Å². The van der Waals surface area contributed by atoms with E-state index in [-0.39, 0.29) is 22.2 Å². The minimum atomic E-state index is -4.76. The van der Waals surface area contributed by atoms with Crippen molar-refractivity contribution < 1.29 is 21.6 Å². The Balaban J connectivity index is 2.44. The van der Waals surface area contributed by atoms with Crippen molar-refractivity contribution in [1.82, 2.24) is 19.3 Å². The summed E-state index contributed by atoms with van der Waals surface area (Å²) in [7, 11) is -2.28. The SMILES string of the molecule is Cc1cc(-c2cc3c(=O)n(CS(C)(=O)=O)c(=O)[nH]c3cc2C(F)(F)F)n(C)n1. The fourth-order valence-electron chi connectivity index (χ4n) is 2.96. The minimum absolute atomic E-state index is 0.118. The Morgan fingerprint density at radius 2 is 1.82 bits per heavy atom. The highest BCUT2D eigenvalue weighted by atomic mass is 32.2. The van der Waals surface area contributed by atoms with Gasteiger partial charge in [-0.2, -0.15) is 18.3 Å². The summed E-state index contributed by atoms with van der Waals surface area (Å²) in [6.07, 6.45) is -3.93. The maximum Gasteiger partial charge on any atom is 0.417 e. The van der Waals surface area contributed by atoms with Crippen LogP contribution in [0.4, 0.5) is 13.2 Å². The summed E-state index contributed by atoms with van der Waals surface area (Å²) < 4.78 is 65.5. The van der Waals surface area contributed by atoms with Crippen LogP contribution in [0.1, 0.15) is 11.3 Å². The van der Waals surface area contributed by atoms with Crippen LogP contribution in [0, 0.1) is 6.92 Å². The molecule has 0 aliphatic heterocycles. The van der Waals surface area contributed by atoms with Gasteiger partial charge in [0.25, 0.3) is 5.56 Å². The molecular weight excluding hydrogens is 401 g/mol. The van der Waals surface area contributed by atoms with Gasteiger partial charge in [0.1, 0.15) is 5.88 Å². The lowest BCUT2D eigenvalue weighted by atomic mass is 10.0. The van der Waals surface area contributed by atoms with Gasteiger partial charge < -0.3 is 4.98 Å². The standard InChI is InChI=1S/C16H15F3N4O4S/c1-8-4-13(22(2)21-8)9-5-10-12(6-11(9)16(17,18)19)20-15(25)23(14(10)24)7-28(3,26)27/h4-6H,7H2,1-3H3,(H,20,25). The predicted molar refractivity (Wildman–Crippen MR) is 95.6 cm³/mol. The Kier molecular flexibility index (Phi) is 4.49. The van der Waals surface area contributed by atoms with Crippen LogP contribution >= 0.6 is 0 Å². The van der Waals surface area contributed by atoms with Crippen molar-refractivity contribution >= 4 is 20.7 Å². The first-order chi connectivity index (χ1) is 12.8. The molecule has 0 unspecified atom stereocenters. The molecule has 0 aliphatic rings. The zero-order valence-corrected chi connectivity index (χ0v) is 15.8. The Labute approximate surface area is 156 Å². The van der Waals surface area contributed by atoms with Crippen molar-refractivity contribution in [2.45, 2.75) is 19.0 Å². The van der Waals surface area contributed by atoms with Gasteiger partial charge in [-0.3, -0.25) is 9.48 Å². The average Bonchev–Trinajstić information content (AvgIpc) is 2.87. The number of benzene rings is 1. The molecule has 150 valence electrons. The lowest BCUT2D eigenvalue weighted by molar-refractivity contribution is -0.137. The van der Waals surface area contributed by atoms with Crippen LogP contribution in [0.5, 0.6) is 0 Å². The van der Waals surface area contributed by atoms with Crippen molar-refractivity contribution in [2.24, 2.45) is 7.05 Å². The van der Waals surface area contributed by atoms with Gasteiger partial charge in [0.2, 0.25) is 0 Å².